The standard InChI is InChI=1S/C17H20N2O2/c1-4-13-11(3)19-17(21)16(18)15(13)14(20)9-12-7-5-6-10(2)8-12/h5-8H,4,9,18H2,1-3H3,(H,19,21). The number of H-pyrrole nitrogens is 1. The fraction of sp³-hybridized carbons (Fsp3) is 0.294. The highest BCUT2D eigenvalue weighted by Gasteiger charge is 2.19. The van der Waals surface area contributed by atoms with Crippen molar-refractivity contribution in [2.75, 3.05) is 5.73 Å². The number of rotatable bonds is 4. The Morgan fingerprint density at radius 3 is 2.62 bits per heavy atom. The molecule has 1 aromatic heterocycles. The molecule has 0 fully saturated rings. The number of benzene rings is 1. The largest absolute Gasteiger partial charge is 0.394 e. The Balaban J connectivity index is 2.46. The smallest absolute Gasteiger partial charge is 0.272 e. The predicted molar refractivity (Wildman–Crippen MR) is 84.8 cm³/mol. The molecule has 4 nitrogen and oxygen atoms in total. The van der Waals surface area contributed by atoms with E-state index in [0.717, 1.165) is 16.7 Å². The van der Waals surface area contributed by atoms with Gasteiger partial charge in [0.05, 0.1) is 5.56 Å². The Kier molecular flexibility index (Phi) is 4.26. The van der Waals surface area contributed by atoms with Crippen molar-refractivity contribution in [1.29, 1.82) is 0 Å². The molecule has 2 aromatic rings. The highest BCUT2D eigenvalue weighted by Crippen LogP contribution is 2.19. The van der Waals surface area contributed by atoms with Crippen LogP contribution in [0.25, 0.3) is 0 Å². The number of anilines is 1. The number of carbonyl (C=O) groups is 1. The summed E-state index contributed by atoms with van der Waals surface area (Å²) in [6, 6.07) is 7.79. The van der Waals surface area contributed by atoms with Crippen molar-refractivity contribution in [1.82, 2.24) is 4.98 Å². The molecular formula is C17H20N2O2. The summed E-state index contributed by atoms with van der Waals surface area (Å²) in [4.78, 5) is 27.1. The molecule has 0 saturated heterocycles. The average Bonchev–Trinajstić information content (AvgIpc) is 2.42. The van der Waals surface area contributed by atoms with E-state index in [0.29, 0.717) is 17.7 Å². The zero-order valence-electron chi connectivity index (χ0n) is 12.6. The van der Waals surface area contributed by atoms with Gasteiger partial charge in [0.25, 0.3) is 5.56 Å². The van der Waals surface area contributed by atoms with Gasteiger partial charge in [-0.25, -0.2) is 0 Å². The van der Waals surface area contributed by atoms with Crippen LogP contribution in [0.15, 0.2) is 29.1 Å². The van der Waals surface area contributed by atoms with Gasteiger partial charge in [0.15, 0.2) is 5.78 Å². The van der Waals surface area contributed by atoms with Crippen molar-refractivity contribution < 1.29 is 4.79 Å². The van der Waals surface area contributed by atoms with E-state index in [1.165, 1.54) is 0 Å². The van der Waals surface area contributed by atoms with Gasteiger partial charge in [-0.1, -0.05) is 36.8 Å². The minimum Gasteiger partial charge on any atom is -0.394 e. The first-order valence-corrected chi connectivity index (χ1v) is 7.04. The third-order valence-electron chi connectivity index (χ3n) is 3.65. The Labute approximate surface area is 124 Å². The number of aromatic nitrogens is 1. The molecule has 0 atom stereocenters. The van der Waals surface area contributed by atoms with Gasteiger partial charge in [0.1, 0.15) is 5.69 Å². The molecular weight excluding hydrogens is 264 g/mol. The van der Waals surface area contributed by atoms with E-state index in [2.05, 4.69) is 4.98 Å². The van der Waals surface area contributed by atoms with Gasteiger partial charge in [-0.2, -0.15) is 0 Å². The van der Waals surface area contributed by atoms with E-state index >= 15 is 0 Å². The number of carbonyl (C=O) groups excluding carboxylic acids is 1. The lowest BCUT2D eigenvalue weighted by atomic mass is 9.95. The van der Waals surface area contributed by atoms with Gasteiger partial charge in [-0.3, -0.25) is 9.59 Å². The summed E-state index contributed by atoms with van der Waals surface area (Å²) >= 11 is 0. The van der Waals surface area contributed by atoms with E-state index in [1.807, 2.05) is 38.1 Å². The Morgan fingerprint density at radius 1 is 1.29 bits per heavy atom. The number of hydrogen-bond acceptors (Lipinski definition) is 3. The molecule has 1 heterocycles. The van der Waals surface area contributed by atoms with E-state index in [1.54, 1.807) is 6.92 Å². The second-order valence-electron chi connectivity index (χ2n) is 5.29. The van der Waals surface area contributed by atoms with E-state index in [9.17, 15) is 9.59 Å². The summed E-state index contributed by atoms with van der Waals surface area (Å²) in [7, 11) is 0. The van der Waals surface area contributed by atoms with Crippen LogP contribution in [-0.2, 0) is 12.8 Å². The second kappa shape index (κ2) is 5.95. The van der Waals surface area contributed by atoms with Crippen LogP contribution in [0.5, 0.6) is 0 Å². The number of Topliss-reactive ketones (excluding diaryl/α,β-unsaturated/α-hetero) is 1. The molecule has 110 valence electrons. The monoisotopic (exact) mass is 284 g/mol. The number of ketones is 1. The van der Waals surface area contributed by atoms with Crippen molar-refractivity contribution in [2.45, 2.75) is 33.6 Å². The quantitative estimate of drug-likeness (QED) is 0.847. The van der Waals surface area contributed by atoms with Crippen molar-refractivity contribution >= 4 is 11.5 Å². The van der Waals surface area contributed by atoms with Crippen LogP contribution in [0, 0.1) is 13.8 Å². The first-order chi connectivity index (χ1) is 9.93. The van der Waals surface area contributed by atoms with Crippen molar-refractivity contribution in [3.63, 3.8) is 0 Å². The van der Waals surface area contributed by atoms with Crippen LogP contribution in [0.2, 0.25) is 0 Å². The summed E-state index contributed by atoms with van der Waals surface area (Å²) in [5.74, 6) is -0.107. The van der Waals surface area contributed by atoms with Gasteiger partial charge in [0.2, 0.25) is 0 Å². The number of pyridine rings is 1. The van der Waals surface area contributed by atoms with Gasteiger partial charge >= 0.3 is 0 Å². The van der Waals surface area contributed by atoms with Crippen molar-refractivity contribution in [3.05, 3.63) is 62.6 Å². The molecule has 0 aliphatic heterocycles. The molecule has 0 radical (unpaired) electrons. The zero-order valence-corrected chi connectivity index (χ0v) is 12.6. The SMILES string of the molecule is CCc1c(C)[nH]c(=O)c(N)c1C(=O)Cc1cccc(C)c1. The molecule has 0 saturated carbocycles. The summed E-state index contributed by atoms with van der Waals surface area (Å²) in [5, 5.41) is 0. The predicted octanol–water partition coefficient (Wildman–Crippen LogP) is 2.56. The molecule has 4 heteroatoms. The second-order valence-corrected chi connectivity index (χ2v) is 5.29. The van der Waals surface area contributed by atoms with Crippen LogP contribution in [0.3, 0.4) is 0 Å². The lowest BCUT2D eigenvalue weighted by Gasteiger charge is -2.12. The van der Waals surface area contributed by atoms with E-state index in [4.69, 9.17) is 5.73 Å². The summed E-state index contributed by atoms with van der Waals surface area (Å²) in [5.41, 5.74) is 9.42. The first-order valence-electron chi connectivity index (χ1n) is 7.04. The van der Waals surface area contributed by atoms with Crippen LogP contribution < -0.4 is 11.3 Å². The van der Waals surface area contributed by atoms with Crippen LogP contribution >= 0.6 is 0 Å². The fourth-order valence-electron chi connectivity index (χ4n) is 2.63. The molecule has 3 N–H and O–H groups in total. The Hall–Kier alpha value is -2.36. The molecule has 1 aromatic carbocycles. The zero-order chi connectivity index (χ0) is 15.6. The Morgan fingerprint density at radius 2 is 2.00 bits per heavy atom. The molecule has 0 spiro atoms. The number of nitrogens with two attached hydrogens (primary N) is 1. The Bertz CT molecular complexity index is 745. The molecule has 0 aliphatic rings. The molecule has 0 unspecified atom stereocenters. The summed E-state index contributed by atoms with van der Waals surface area (Å²) < 4.78 is 0. The average molecular weight is 284 g/mol. The molecule has 0 amide bonds. The van der Waals surface area contributed by atoms with Crippen molar-refractivity contribution in [2.24, 2.45) is 0 Å². The minimum atomic E-state index is -0.391. The molecule has 2 rings (SSSR count). The maximum Gasteiger partial charge on any atom is 0.272 e. The molecule has 0 aliphatic carbocycles. The normalized spacial score (nSPS) is 10.6. The van der Waals surface area contributed by atoms with Gasteiger partial charge in [-0.05, 0) is 31.4 Å². The molecule has 21 heavy (non-hydrogen) atoms. The van der Waals surface area contributed by atoms with E-state index < -0.39 is 5.56 Å². The number of aryl methyl sites for hydroxylation is 2. The number of aromatic amines is 1. The van der Waals surface area contributed by atoms with Gasteiger partial charge in [-0.15, -0.1) is 0 Å². The minimum absolute atomic E-state index is 0.0232. The number of nitrogen functional groups attached to an aromatic ring is 1. The number of nitrogens with one attached hydrogen (secondary N) is 1. The maximum absolute atomic E-state index is 12.6. The van der Waals surface area contributed by atoms with Crippen LogP contribution in [0.1, 0.15) is 39.7 Å². The van der Waals surface area contributed by atoms with Crippen molar-refractivity contribution in [3.8, 4) is 0 Å². The number of hydrogen-bond donors (Lipinski definition) is 2. The third kappa shape index (κ3) is 3.05. The topological polar surface area (TPSA) is 75.9 Å². The highest BCUT2D eigenvalue weighted by atomic mass is 16.1. The lowest BCUT2D eigenvalue weighted by molar-refractivity contribution is 0.0992. The van der Waals surface area contributed by atoms with E-state index in [-0.39, 0.29) is 17.9 Å². The van der Waals surface area contributed by atoms with Crippen LogP contribution in [0.4, 0.5) is 5.69 Å². The summed E-state index contributed by atoms with van der Waals surface area (Å²) in [6.45, 7) is 5.73. The lowest BCUT2D eigenvalue weighted by Crippen LogP contribution is -2.22. The first kappa shape index (κ1) is 15.0. The summed E-state index contributed by atoms with van der Waals surface area (Å²) in [6.07, 6.45) is 0.906. The van der Waals surface area contributed by atoms with Gasteiger partial charge in [0, 0.05) is 12.1 Å². The van der Waals surface area contributed by atoms with Crippen LogP contribution in [-0.4, -0.2) is 10.8 Å². The highest BCUT2D eigenvalue weighted by molar-refractivity contribution is 6.03. The van der Waals surface area contributed by atoms with Gasteiger partial charge < -0.3 is 10.7 Å². The fourth-order valence-corrected chi connectivity index (χ4v) is 2.63. The molecule has 0 bridgehead atoms. The maximum atomic E-state index is 12.6. The third-order valence-corrected chi connectivity index (χ3v) is 3.65.